The molecule has 0 fully saturated rings. The van der Waals surface area contributed by atoms with Gasteiger partial charge in [0.15, 0.2) is 0 Å². The number of halogens is 1. The minimum Gasteiger partial charge on any atom is -0.495 e. The van der Waals surface area contributed by atoms with Gasteiger partial charge in [-0.2, -0.15) is 0 Å². The Morgan fingerprint density at radius 3 is 2.73 bits per heavy atom. The van der Waals surface area contributed by atoms with Crippen LogP contribution in [0.4, 0.5) is 5.69 Å². The standard InChI is InChI=1S/C19H18ClN3O3/c1-10(22-13-5-3-4-12(8-13)18(21)24)14-9-11-6-7-15(26-2)16(20)17(11)23-19(14)25/h3-10,22H,1-2H3,(H2,21,24)(H,23,25)/t10-/m0/s1. The van der Waals surface area contributed by atoms with Crippen LogP contribution in [0, 0.1) is 0 Å². The van der Waals surface area contributed by atoms with Crippen molar-refractivity contribution in [1.29, 1.82) is 0 Å². The normalized spacial score (nSPS) is 12.0. The zero-order chi connectivity index (χ0) is 18.8. The molecule has 0 saturated heterocycles. The van der Waals surface area contributed by atoms with Crippen LogP contribution in [0.2, 0.25) is 5.02 Å². The summed E-state index contributed by atoms with van der Waals surface area (Å²) in [6, 6.07) is 11.9. The number of nitrogens with two attached hydrogens (primary N) is 1. The monoisotopic (exact) mass is 371 g/mol. The van der Waals surface area contributed by atoms with E-state index in [4.69, 9.17) is 22.1 Å². The smallest absolute Gasteiger partial charge is 0.253 e. The van der Waals surface area contributed by atoms with E-state index < -0.39 is 5.91 Å². The molecular formula is C19H18ClN3O3. The topological polar surface area (TPSA) is 97.2 Å². The van der Waals surface area contributed by atoms with E-state index in [1.165, 1.54) is 7.11 Å². The highest BCUT2D eigenvalue weighted by molar-refractivity contribution is 6.36. The van der Waals surface area contributed by atoms with E-state index in [1.807, 2.05) is 13.0 Å². The number of fused-ring (bicyclic) bond motifs is 1. The maximum Gasteiger partial charge on any atom is 0.253 e. The summed E-state index contributed by atoms with van der Waals surface area (Å²) >= 11 is 6.27. The highest BCUT2D eigenvalue weighted by Gasteiger charge is 2.14. The van der Waals surface area contributed by atoms with Crippen molar-refractivity contribution < 1.29 is 9.53 Å². The molecule has 1 atom stereocenters. The molecule has 1 aromatic heterocycles. The van der Waals surface area contributed by atoms with Gasteiger partial charge < -0.3 is 20.8 Å². The Labute approximate surface area is 154 Å². The largest absolute Gasteiger partial charge is 0.495 e. The fourth-order valence-corrected chi connectivity index (χ4v) is 3.10. The van der Waals surface area contributed by atoms with Crippen LogP contribution in [0.3, 0.4) is 0 Å². The van der Waals surface area contributed by atoms with E-state index in [0.29, 0.717) is 33.1 Å². The highest BCUT2D eigenvalue weighted by atomic mass is 35.5. The van der Waals surface area contributed by atoms with Crippen molar-refractivity contribution in [3.63, 3.8) is 0 Å². The summed E-state index contributed by atoms with van der Waals surface area (Å²) < 4.78 is 5.18. The third kappa shape index (κ3) is 3.36. The number of anilines is 1. The van der Waals surface area contributed by atoms with Gasteiger partial charge in [0.1, 0.15) is 10.8 Å². The molecule has 26 heavy (non-hydrogen) atoms. The average Bonchev–Trinajstić information content (AvgIpc) is 2.62. The van der Waals surface area contributed by atoms with E-state index in [-0.39, 0.29) is 11.6 Å². The molecule has 0 spiro atoms. The van der Waals surface area contributed by atoms with Crippen LogP contribution in [0.25, 0.3) is 10.9 Å². The van der Waals surface area contributed by atoms with Crippen molar-refractivity contribution in [1.82, 2.24) is 4.98 Å². The van der Waals surface area contributed by atoms with Gasteiger partial charge in [-0.25, -0.2) is 0 Å². The minimum absolute atomic E-state index is 0.251. The van der Waals surface area contributed by atoms with Gasteiger partial charge in [-0.05, 0) is 43.3 Å². The quantitative estimate of drug-likeness (QED) is 0.639. The lowest BCUT2D eigenvalue weighted by atomic mass is 10.1. The second kappa shape index (κ2) is 7.09. The molecule has 3 rings (SSSR count). The molecule has 1 heterocycles. The van der Waals surface area contributed by atoms with Crippen molar-refractivity contribution in [3.05, 3.63) is 69.0 Å². The Hall–Kier alpha value is -2.99. The van der Waals surface area contributed by atoms with Crippen LogP contribution < -0.4 is 21.3 Å². The van der Waals surface area contributed by atoms with Crippen molar-refractivity contribution in [2.75, 3.05) is 12.4 Å². The molecule has 0 bridgehead atoms. The first kappa shape index (κ1) is 17.8. The van der Waals surface area contributed by atoms with Crippen molar-refractivity contribution in [3.8, 4) is 5.75 Å². The highest BCUT2D eigenvalue weighted by Crippen LogP contribution is 2.31. The van der Waals surface area contributed by atoms with Gasteiger partial charge in [-0.1, -0.05) is 17.7 Å². The van der Waals surface area contributed by atoms with Crippen molar-refractivity contribution in [2.45, 2.75) is 13.0 Å². The minimum atomic E-state index is -0.506. The second-order valence-corrected chi connectivity index (χ2v) is 6.29. The summed E-state index contributed by atoms with van der Waals surface area (Å²) in [6.45, 7) is 1.86. The van der Waals surface area contributed by atoms with Crippen LogP contribution >= 0.6 is 11.6 Å². The molecule has 7 heteroatoms. The molecule has 0 aliphatic carbocycles. The number of aromatic nitrogens is 1. The number of carbonyl (C=O) groups excluding carboxylic acids is 1. The maximum absolute atomic E-state index is 12.5. The number of rotatable bonds is 5. The SMILES string of the molecule is COc1ccc2cc([C@H](C)Nc3cccc(C(N)=O)c3)c(=O)[nH]c2c1Cl. The van der Waals surface area contributed by atoms with Crippen LogP contribution in [-0.4, -0.2) is 18.0 Å². The molecule has 134 valence electrons. The molecule has 4 N–H and O–H groups in total. The summed E-state index contributed by atoms with van der Waals surface area (Å²) in [5.74, 6) is -0.00884. The molecular weight excluding hydrogens is 354 g/mol. The number of ether oxygens (including phenoxy) is 1. The van der Waals surface area contributed by atoms with Crippen LogP contribution in [0.5, 0.6) is 5.75 Å². The van der Waals surface area contributed by atoms with Crippen LogP contribution in [0.1, 0.15) is 28.9 Å². The molecule has 6 nitrogen and oxygen atoms in total. The number of carbonyl (C=O) groups is 1. The van der Waals surface area contributed by atoms with Gasteiger partial charge in [0.05, 0.1) is 18.7 Å². The molecule has 0 radical (unpaired) electrons. The molecule has 1 amide bonds. The van der Waals surface area contributed by atoms with Crippen LogP contribution in [0.15, 0.2) is 47.3 Å². The Morgan fingerprint density at radius 2 is 2.04 bits per heavy atom. The molecule has 0 aliphatic heterocycles. The first-order valence-corrected chi connectivity index (χ1v) is 8.34. The summed E-state index contributed by atoms with van der Waals surface area (Å²) in [5.41, 5.74) is 7.22. The van der Waals surface area contributed by atoms with Gasteiger partial charge in [0, 0.05) is 22.2 Å². The van der Waals surface area contributed by atoms with E-state index in [1.54, 1.807) is 36.4 Å². The van der Waals surface area contributed by atoms with E-state index in [0.717, 1.165) is 5.39 Å². The molecule has 0 saturated carbocycles. The lowest BCUT2D eigenvalue weighted by Gasteiger charge is -2.16. The lowest BCUT2D eigenvalue weighted by Crippen LogP contribution is -2.20. The Morgan fingerprint density at radius 1 is 1.27 bits per heavy atom. The number of pyridine rings is 1. The predicted molar refractivity (Wildman–Crippen MR) is 103 cm³/mol. The summed E-state index contributed by atoms with van der Waals surface area (Å²) in [6.07, 6.45) is 0. The molecule has 2 aromatic carbocycles. The number of aromatic amines is 1. The average molecular weight is 372 g/mol. The number of hydrogen-bond acceptors (Lipinski definition) is 4. The number of H-pyrrole nitrogens is 1. The Bertz CT molecular complexity index is 1050. The van der Waals surface area contributed by atoms with E-state index in [9.17, 15) is 9.59 Å². The number of benzene rings is 2. The number of amides is 1. The molecule has 0 unspecified atom stereocenters. The number of nitrogens with one attached hydrogen (secondary N) is 2. The summed E-state index contributed by atoms with van der Waals surface area (Å²) in [4.78, 5) is 26.6. The van der Waals surface area contributed by atoms with Gasteiger partial charge in [-0.3, -0.25) is 9.59 Å². The first-order chi connectivity index (χ1) is 12.4. The van der Waals surface area contributed by atoms with Gasteiger partial charge >= 0.3 is 0 Å². The van der Waals surface area contributed by atoms with E-state index >= 15 is 0 Å². The van der Waals surface area contributed by atoms with Gasteiger partial charge in [0.25, 0.3) is 5.56 Å². The number of hydrogen-bond donors (Lipinski definition) is 3. The van der Waals surface area contributed by atoms with E-state index in [2.05, 4.69) is 10.3 Å². The summed E-state index contributed by atoms with van der Waals surface area (Å²) in [7, 11) is 1.52. The lowest BCUT2D eigenvalue weighted by molar-refractivity contribution is 0.100. The van der Waals surface area contributed by atoms with Gasteiger partial charge in [0.2, 0.25) is 5.91 Å². The second-order valence-electron chi connectivity index (χ2n) is 5.91. The molecule has 0 aliphatic rings. The Balaban J connectivity index is 1.97. The van der Waals surface area contributed by atoms with Crippen molar-refractivity contribution >= 4 is 34.1 Å². The fraction of sp³-hybridized carbons (Fsp3) is 0.158. The van der Waals surface area contributed by atoms with Crippen molar-refractivity contribution in [2.24, 2.45) is 5.73 Å². The number of primary amides is 1. The third-order valence-corrected chi connectivity index (χ3v) is 4.54. The maximum atomic E-state index is 12.5. The van der Waals surface area contributed by atoms with Crippen LogP contribution in [-0.2, 0) is 0 Å². The first-order valence-electron chi connectivity index (χ1n) is 7.96. The fourth-order valence-electron chi connectivity index (χ4n) is 2.81. The number of methoxy groups -OCH3 is 1. The Kier molecular flexibility index (Phi) is 4.86. The summed E-state index contributed by atoms with van der Waals surface area (Å²) in [5, 5.41) is 4.37. The zero-order valence-electron chi connectivity index (χ0n) is 14.3. The van der Waals surface area contributed by atoms with Gasteiger partial charge in [-0.15, -0.1) is 0 Å². The molecule has 3 aromatic rings. The third-order valence-electron chi connectivity index (χ3n) is 4.17. The zero-order valence-corrected chi connectivity index (χ0v) is 15.1. The predicted octanol–water partition coefficient (Wildman–Crippen LogP) is 3.46.